The average Bonchev–Trinajstić information content (AvgIpc) is 2.96. The summed E-state index contributed by atoms with van der Waals surface area (Å²) in [7, 11) is 0. The van der Waals surface area contributed by atoms with Crippen LogP contribution < -0.4 is 10.6 Å². The van der Waals surface area contributed by atoms with Crippen LogP contribution in [0.4, 0.5) is 5.82 Å². The fraction of sp³-hybridized carbons (Fsp3) is 0.308. The standard InChI is InChI=1S/C13H16BrN5O/c1-2-3-16-12-11(4-9(14)5-17-12)13(20)18-7-10-6-15-8-19-10/h4-6,8H,2-3,7H2,1H3,(H,15,19)(H,16,17)(H,18,20). The summed E-state index contributed by atoms with van der Waals surface area (Å²) in [4.78, 5) is 23.3. The van der Waals surface area contributed by atoms with Crippen molar-refractivity contribution < 1.29 is 4.79 Å². The molecule has 0 bridgehead atoms. The predicted octanol–water partition coefficient (Wildman–Crippen LogP) is 2.32. The normalized spacial score (nSPS) is 10.3. The number of hydrogen-bond acceptors (Lipinski definition) is 4. The van der Waals surface area contributed by atoms with Crippen LogP contribution in [0.1, 0.15) is 29.4 Å². The maximum absolute atomic E-state index is 12.2. The Labute approximate surface area is 125 Å². The summed E-state index contributed by atoms with van der Waals surface area (Å²) < 4.78 is 0.770. The lowest BCUT2D eigenvalue weighted by Gasteiger charge is -2.10. The molecular weight excluding hydrogens is 322 g/mol. The second-order valence-electron chi connectivity index (χ2n) is 4.24. The van der Waals surface area contributed by atoms with Gasteiger partial charge in [-0.15, -0.1) is 0 Å². The summed E-state index contributed by atoms with van der Waals surface area (Å²) in [6.45, 7) is 3.23. The number of carbonyl (C=O) groups excluding carboxylic acids is 1. The number of pyridine rings is 1. The number of rotatable bonds is 6. The van der Waals surface area contributed by atoms with Crippen LogP contribution in [0, 0.1) is 0 Å². The quantitative estimate of drug-likeness (QED) is 0.755. The highest BCUT2D eigenvalue weighted by atomic mass is 79.9. The second kappa shape index (κ2) is 7.04. The number of anilines is 1. The number of nitrogens with zero attached hydrogens (tertiary/aromatic N) is 2. The number of hydrogen-bond donors (Lipinski definition) is 3. The number of amides is 1. The van der Waals surface area contributed by atoms with Crippen molar-refractivity contribution in [3.05, 3.63) is 40.5 Å². The van der Waals surface area contributed by atoms with E-state index in [4.69, 9.17) is 0 Å². The molecule has 0 unspecified atom stereocenters. The van der Waals surface area contributed by atoms with E-state index in [1.807, 2.05) is 0 Å². The number of imidazole rings is 1. The minimum atomic E-state index is -0.174. The van der Waals surface area contributed by atoms with E-state index in [1.54, 1.807) is 24.8 Å². The van der Waals surface area contributed by atoms with Gasteiger partial charge in [0.2, 0.25) is 0 Å². The smallest absolute Gasteiger partial charge is 0.255 e. The van der Waals surface area contributed by atoms with Crippen molar-refractivity contribution >= 4 is 27.7 Å². The minimum absolute atomic E-state index is 0.174. The van der Waals surface area contributed by atoms with E-state index in [0.29, 0.717) is 17.9 Å². The van der Waals surface area contributed by atoms with Crippen molar-refractivity contribution in [2.45, 2.75) is 19.9 Å². The summed E-state index contributed by atoms with van der Waals surface area (Å²) in [6.07, 6.45) is 5.89. The molecule has 3 N–H and O–H groups in total. The van der Waals surface area contributed by atoms with Crippen molar-refractivity contribution in [3.8, 4) is 0 Å². The highest BCUT2D eigenvalue weighted by Crippen LogP contribution is 2.18. The number of aromatic nitrogens is 3. The molecule has 7 heteroatoms. The van der Waals surface area contributed by atoms with Crippen LogP contribution in [0.3, 0.4) is 0 Å². The van der Waals surface area contributed by atoms with Gasteiger partial charge in [-0.25, -0.2) is 9.97 Å². The molecule has 106 valence electrons. The largest absolute Gasteiger partial charge is 0.369 e. The van der Waals surface area contributed by atoms with E-state index in [0.717, 1.165) is 23.1 Å². The lowest BCUT2D eigenvalue weighted by molar-refractivity contribution is 0.0951. The van der Waals surface area contributed by atoms with E-state index in [9.17, 15) is 4.79 Å². The monoisotopic (exact) mass is 337 g/mol. The Morgan fingerprint density at radius 3 is 3.00 bits per heavy atom. The molecule has 0 saturated carbocycles. The third-order valence-corrected chi connectivity index (χ3v) is 3.07. The van der Waals surface area contributed by atoms with Crippen LogP contribution in [-0.2, 0) is 6.54 Å². The van der Waals surface area contributed by atoms with Crippen molar-refractivity contribution in [2.75, 3.05) is 11.9 Å². The summed E-state index contributed by atoms with van der Waals surface area (Å²) in [5, 5.41) is 5.99. The number of aromatic amines is 1. The van der Waals surface area contributed by atoms with Gasteiger partial charge in [-0.05, 0) is 28.4 Å². The number of nitrogens with one attached hydrogen (secondary N) is 3. The first-order valence-corrected chi connectivity index (χ1v) is 7.15. The fourth-order valence-corrected chi connectivity index (χ4v) is 1.98. The van der Waals surface area contributed by atoms with Gasteiger partial charge >= 0.3 is 0 Å². The molecule has 0 aliphatic carbocycles. The maximum Gasteiger partial charge on any atom is 0.255 e. The van der Waals surface area contributed by atoms with E-state index in [-0.39, 0.29) is 5.91 Å². The molecule has 0 radical (unpaired) electrons. The van der Waals surface area contributed by atoms with Crippen LogP contribution in [0.2, 0.25) is 0 Å². The zero-order valence-electron chi connectivity index (χ0n) is 11.1. The minimum Gasteiger partial charge on any atom is -0.369 e. The number of H-pyrrole nitrogens is 1. The molecule has 2 rings (SSSR count). The molecule has 2 aromatic heterocycles. The third kappa shape index (κ3) is 3.80. The molecule has 20 heavy (non-hydrogen) atoms. The zero-order chi connectivity index (χ0) is 14.4. The highest BCUT2D eigenvalue weighted by molar-refractivity contribution is 9.10. The Morgan fingerprint density at radius 1 is 1.45 bits per heavy atom. The molecule has 0 atom stereocenters. The van der Waals surface area contributed by atoms with E-state index in [1.165, 1.54) is 0 Å². The van der Waals surface area contributed by atoms with Crippen LogP contribution in [0.15, 0.2) is 29.3 Å². The van der Waals surface area contributed by atoms with Gasteiger partial charge < -0.3 is 15.6 Å². The molecule has 0 aliphatic rings. The lowest BCUT2D eigenvalue weighted by atomic mass is 10.2. The Hall–Kier alpha value is -1.89. The van der Waals surface area contributed by atoms with Crippen LogP contribution >= 0.6 is 15.9 Å². The predicted molar refractivity (Wildman–Crippen MR) is 80.5 cm³/mol. The Bertz CT molecular complexity index is 570. The van der Waals surface area contributed by atoms with Gasteiger partial charge in [0, 0.05) is 23.4 Å². The SMILES string of the molecule is CCCNc1ncc(Br)cc1C(=O)NCc1cnc[nH]1. The first-order valence-electron chi connectivity index (χ1n) is 6.35. The average molecular weight is 338 g/mol. The van der Waals surface area contributed by atoms with E-state index < -0.39 is 0 Å². The Balaban J connectivity index is 2.08. The molecule has 2 aromatic rings. The number of carbonyl (C=O) groups is 1. The molecule has 0 aliphatic heterocycles. The van der Waals surface area contributed by atoms with Crippen molar-refractivity contribution in [1.29, 1.82) is 0 Å². The van der Waals surface area contributed by atoms with Gasteiger partial charge in [0.1, 0.15) is 5.82 Å². The molecule has 0 saturated heterocycles. The van der Waals surface area contributed by atoms with Crippen LogP contribution in [0.5, 0.6) is 0 Å². The fourth-order valence-electron chi connectivity index (χ4n) is 1.65. The summed E-state index contributed by atoms with van der Waals surface area (Å²) in [6, 6.07) is 1.76. The molecule has 0 fully saturated rings. The van der Waals surface area contributed by atoms with Gasteiger partial charge in [-0.2, -0.15) is 0 Å². The van der Waals surface area contributed by atoms with Crippen LogP contribution in [0.25, 0.3) is 0 Å². The van der Waals surface area contributed by atoms with E-state index >= 15 is 0 Å². The second-order valence-corrected chi connectivity index (χ2v) is 5.15. The number of halogens is 1. The first-order chi connectivity index (χ1) is 9.70. The van der Waals surface area contributed by atoms with Gasteiger partial charge in [0.25, 0.3) is 5.91 Å². The molecule has 6 nitrogen and oxygen atoms in total. The van der Waals surface area contributed by atoms with Crippen molar-refractivity contribution in [2.24, 2.45) is 0 Å². The first kappa shape index (κ1) is 14.5. The summed E-state index contributed by atoms with van der Waals surface area (Å²) in [5.74, 6) is 0.421. The molecule has 0 aromatic carbocycles. The summed E-state index contributed by atoms with van der Waals surface area (Å²) in [5.41, 5.74) is 1.37. The van der Waals surface area contributed by atoms with Gasteiger partial charge in [-0.1, -0.05) is 6.92 Å². The van der Waals surface area contributed by atoms with Gasteiger partial charge in [0.15, 0.2) is 0 Å². The van der Waals surface area contributed by atoms with Crippen LogP contribution in [-0.4, -0.2) is 27.4 Å². The van der Waals surface area contributed by atoms with E-state index in [2.05, 4.69) is 48.4 Å². The highest BCUT2D eigenvalue weighted by Gasteiger charge is 2.13. The molecule has 2 heterocycles. The zero-order valence-corrected chi connectivity index (χ0v) is 12.7. The van der Waals surface area contributed by atoms with Crippen molar-refractivity contribution in [3.63, 3.8) is 0 Å². The topological polar surface area (TPSA) is 82.7 Å². The lowest BCUT2D eigenvalue weighted by Crippen LogP contribution is -2.24. The molecule has 1 amide bonds. The third-order valence-electron chi connectivity index (χ3n) is 2.64. The van der Waals surface area contributed by atoms with Gasteiger partial charge in [-0.3, -0.25) is 4.79 Å². The van der Waals surface area contributed by atoms with Gasteiger partial charge in [0.05, 0.1) is 24.1 Å². The Kier molecular flexibility index (Phi) is 5.11. The molecule has 0 spiro atoms. The summed E-state index contributed by atoms with van der Waals surface area (Å²) >= 11 is 3.34. The maximum atomic E-state index is 12.2. The molecular formula is C13H16BrN5O. The van der Waals surface area contributed by atoms with Crippen molar-refractivity contribution in [1.82, 2.24) is 20.3 Å². The Morgan fingerprint density at radius 2 is 2.30 bits per heavy atom.